The first-order valence-electron chi connectivity index (χ1n) is 5.85. The smallest absolute Gasteiger partial charge is 0.284 e. The van der Waals surface area contributed by atoms with Gasteiger partial charge in [-0.3, -0.25) is 15.3 Å². The van der Waals surface area contributed by atoms with Gasteiger partial charge in [-0.25, -0.2) is 5.06 Å². The summed E-state index contributed by atoms with van der Waals surface area (Å²) in [5.74, 6) is 0. The maximum absolute atomic E-state index is 11.8. The molecule has 0 fully saturated rings. The Kier molecular flexibility index (Phi) is 4.44. The molecule has 0 saturated carbocycles. The molecule has 0 radical (unpaired) electrons. The number of rotatable bonds is 4. The fourth-order valence-electron chi connectivity index (χ4n) is 1.49. The molecule has 0 atom stereocenters. The first kappa shape index (κ1) is 15.5. The van der Waals surface area contributed by atoms with Gasteiger partial charge < -0.3 is 0 Å². The molecular formula is C12H10N4O5S. The van der Waals surface area contributed by atoms with E-state index >= 15 is 0 Å². The average molecular weight is 322 g/mol. The van der Waals surface area contributed by atoms with Crippen molar-refractivity contribution in [3.8, 4) is 0 Å². The lowest BCUT2D eigenvalue weighted by atomic mass is 10.3. The van der Waals surface area contributed by atoms with E-state index in [2.05, 4.69) is 9.63 Å². The number of nitro groups is 1. The lowest BCUT2D eigenvalue weighted by molar-refractivity contribution is -0.419. The average Bonchev–Trinajstić information content (AvgIpc) is 2.49. The number of sulfonamides is 1. The van der Waals surface area contributed by atoms with Gasteiger partial charge in [-0.1, -0.05) is 22.7 Å². The Labute approximate surface area is 125 Å². The van der Waals surface area contributed by atoms with Crippen LogP contribution in [0.1, 0.15) is 0 Å². The normalized spacial score (nSPS) is 17.0. The van der Waals surface area contributed by atoms with Crippen molar-refractivity contribution in [1.29, 1.82) is 0 Å². The van der Waals surface area contributed by atoms with Crippen LogP contribution in [0.5, 0.6) is 0 Å². The van der Waals surface area contributed by atoms with Gasteiger partial charge in [0.05, 0.1) is 21.7 Å². The molecule has 0 spiro atoms. The van der Waals surface area contributed by atoms with E-state index in [-0.39, 0.29) is 16.3 Å². The number of hydrogen-bond donors (Lipinski definition) is 1. The summed E-state index contributed by atoms with van der Waals surface area (Å²) in [6.45, 7) is 0. The number of benzene rings is 1. The molecule has 0 aromatic heterocycles. The second-order valence-electron chi connectivity index (χ2n) is 4.03. The summed E-state index contributed by atoms with van der Waals surface area (Å²) in [5, 5.41) is 24.0. The highest BCUT2D eigenvalue weighted by Crippen LogP contribution is 2.16. The van der Waals surface area contributed by atoms with Gasteiger partial charge >= 0.3 is 0 Å². The van der Waals surface area contributed by atoms with E-state index in [1.54, 1.807) is 6.07 Å². The van der Waals surface area contributed by atoms with Crippen molar-refractivity contribution in [2.75, 3.05) is 0 Å². The second kappa shape index (κ2) is 6.28. The Balaban J connectivity index is 2.24. The van der Waals surface area contributed by atoms with Crippen LogP contribution >= 0.6 is 0 Å². The minimum absolute atomic E-state index is 0.0388. The Hall–Kier alpha value is -2.85. The number of hydrogen-bond acceptors (Lipinski definition) is 7. The molecule has 0 unspecified atom stereocenters. The lowest BCUT2D eigenvalue weighted by Crippen LogP contribution is -2.14. The fraction of sp³-hybridized carbons (Fsp3) is 0. The van der Waals surface area contributed by atoms with Crippen LogP contribution in [0.25, 0.3) is 0 Å². The van der Waals surface area contributed by atoms with E-state index in [1.165, 1.54) is 24.3 Å². The molecule has 0 saturated heterocycles. The topological polar surface area (TPSA) is 125 Å². The van der Waals surface area contributed by atoms with Gasteiger partial charge in [0.2, 0.25) is 0 Å². The predicted molar refractivity (Wildman–Crippen MR) is 74.4 cm³/mol. The van der Waals surface area contributed by atoms with Crippen LogP contribution in [0.4, 0.5) is 0 Å². The zero-order chi connectivity index (χ0) is 16.2. The summed E-state index contributed by atoms with van der Waals surface area (Å²) in [7, 11) is -3.97. The number of nitrogens with zero attached hydrogens (tertiary/aromatic N) is 4. The third-order valence-electron chi connectivity index (χ3n) is 2.54. The Bertz CT molecular complexity index is 796. The lowest BCUT2D eigenvalue weighted by Gasteiger charge is -2.14. The molecule has 2 rings (SSSR count). The molecule has 0 aliphatic carbocycles. The van der Waals surface area contributed by atoms with Crippen LogP contribution in [0, 0.1) is 10.1 Å². The molecule has 22 heavy (non-hydrogen) atoms. The molecule has 114 valence electrons. The van der Waals surface area contributed by atoms with Gasteiger partial charge in [0.25, 0.3) is 15.7 Å². The molecule has 1 aromatic rings. The zero-order valence-electron chi connectivity index (χ0n) is 11.0. The second-order valence-corrected chi connectivity index (χ2v) is 5.61. The van der Waals surface area contributed by atoms with Gasteiger partial charge in [0.1, 0.15) is 0 Å². The predicted octanol–water partition coefficient (Wildman–Crippen LogP) is 2.05. The monoisotopic (exact) mass is 322 g/mol. The van der Waals surface area contributed by atoms with Gasteiger partial charge in [-0.2, -0.15) is 8.42 Å². The van der Waals surface area contributed by atoms with Crippen LogP contribution in [-0.2, 0) is 10.0 Å². The van der Waals surface area contributed by atoms with Crippen LogP contribution in [0.15, 0.2) is 80.8 Å². The number of hydroxylamine groups is 2. The minimum Gasteiger partial charge on any atom is -0.284 e. The van der Waals surface area contributed by atoms with Gasteiger partial charge in [0, 0.05) is 18.4 Å². The molecule has 9 nitrogen and oxygen atoms in total. The highest BCUT2D eigenvalue weighted by Gasteiger charge is 2.16. The molecule has 1 aliphatic rings. The molecule has 1 heterocycles. The largest absolute Gasteiger partial charge is 0.299 e. The SMILES string of the molecule is O=[N+]([O-])C1=CC(=CN=NS(=O)(=O)c2ccccc2)N(O)C=C1. The molecule has 10 heteroatoms. The summed E-state index contributed by atoms with van der Waals surface area (Å²) in [6.07, 6.45) is 4.03. The fourth-order valence-corrected chi connectivity index (χ4v) is 2.26. The van der Waals surface area contributed by atoms with E-state index in [4.69, 9.17) is 0 Å². The third-order valence-corrected chi connectivity index (χ3v) is 3.72. The first-order valence-corrected chi connectivity index (χ1v) is 7.29. The molecule has 0 bridgehead atoms. The standard InChI is InChI=1S/C12H10N4O5S/c17-15-7-6-10(16(18)19)8-11(15)9-13-14-22(20,21)12-4-2-1-3-5-12/h1-9,17H. The number of allylic oxidation sites excluding steroid dienone is 2. The first-order chi connectivity index (χ1) is 10.4. The zero-order valence-corrected chi connectivity index (χ0v) is 11.8. The summed E-state index contributed by atoms with van der Waals surface area (Å²) in [6, 6.07) is 7.44. The van der Waals surface area contributed by atoms with E-state index in [0.717, 1.165) is 24.6 Å². The maximum atomic E-state index is 11.8. The van der Waals surface area contributed by atoms with E-state index in [0.29, 0.717) is 5.06 Å². The summed E-state index contributed by atoms with van der Waals surface area (Å²) < 4.78 is 26.8. The minimum atomic E-state index is -3.97. The van der Waals surface area contributed by atoms with E-state index in [1.807, 2.05) is 0 Å². The van der Waals surface area contributed by atoms with Crippen LogP contribution in [0.3, 0.4) is 0 Å². The van der Waals surface area contributed by atoms with Crippen molar-refractivity contribution >= 4 is 10.0 Å². The van der Waals surface area contributed by atoms with Crippen molar-refractivity contribution in [3.63, 3.8) is 0 Å². The van der Waals surface area contributed by atoms with Crippen LogP contribution in [0.2, 0.25) is 0 Å². The van der Waals surface area contributed by atoms with E-state index < -0.39 is 14.9 Å². The molecule has 1 aromatic carbocycles. The Morgan fingerprint density at radius 3 is 2.59 bits per heavy atom. The van der Waals surface area contributed by atoms with E-state index in [9.17, 15) is 23.7 Å². The summed E-state index contributed by atoms with van der Waals surface area (Å²) in [5.41, 5.74) is -0.376. The Morgan fingerprint density at radius 1 is 1.27 bits per heavy atom. The summed E-state index contributed by atoms with van der Waals surface area (Å²) in [4.78, 5) is 9.94. The highest BCUT2D eigenvalue weighted by molar-refractivity contribution is 7.90. The molecule has 0 amide bonds. The molecular weight excluding hydrogens is 312 g/mol. The van der Waals surface area contributed by atoms with Crippen LogP contribution in [-0.4, -0.2) is 23.6 Å². The maximum Gasteiger partial charge on any atom is 0.299 e. The van der Waals surface area contributed by atoms with Crippen LogP contribution < -0.4 is 0 Å². The van der Waals surface area contributed by atoms with Crippen molar-refractivity contribution < 1.29 is 18.5 Å². The van der Waals surface area contributed by atoms with Gasteiger partial charge in [-0.15, -0.1) is 5.11 Å². The van der Waals surface area contributed by atoms with Crippen molar-refractivity contribution in [2.45, 2.75) is 4.90 Å². The third kappa shape index (κ3) is 3.62. The van der Waals surface area contributed by atoms with Crippen molar-refractivity contribution in [3.05, 3.63) is 76.4 Å². The highest BCUT2D eigenvalue weighted by atomic mass is 32.2. The van der Waals surface area contributed by atoms with Crippen molar-refractivity contribution in [2.24, 2.45) is 9.63 Å². The quantitative estimate of drug-likeness (QED) is 0.513. The Morgan fingerprint density at radius 2 is 1.95 bits per heavy atom. The van der Waals surface area contributed by atoms with Crippen molar-refractivity contribution in [1.82, 2.24) is 5.06 Å². The molecule has 1 N–H and O–H groups in total. The van der Waals surface area contributed by atoms with Gasteiger partial charge in [-0.05, 0) is 12.1 Å². The van der Waals surface area contributed by atoms with Gasteiger partial charge in [0.15, 0.2) is 0 Å². The summed E-state index contributed by atoms with van der Waals surface area (Å²) >= 11 is 0. The molecule has 1 aliphatic heterocycles.